The van der Waals surface area contributed by atoms with Gasteiger partial charge in [-0.1, -0.05) is 80.4 Å². The fourth-order valence-corrected chi connectivity index (χ4v) is 10.8. The summed E-state index contributed by atoms with van der Waals surface area (Å²) >= 11 is 0. The van der Waals surface area contributed by atoms with Gasteiger partial charge in [-0.3, -0.25) is 14.4 Å². The number of hydrogen-bond donors (Lipinski definition) is 1. The SMILES string of the molecule is C[C@@H]1[C@@H]([Si](C)(C)F)[C@H](CC(=O)N(CCO)Cc2ccccc2)O[C@@]12C(=O)N(Cc1ccccc1)c1ccc(N3CCCCCCC3=O)cc12. The molecule has 0 aliphatic carbocycles. The molecule has 3 aliphatic rings. The highest BCUT2D eigenvalue weighted by molar-refractivity contribution is 6.72. The van der Waals surface area contributed by atoms with Crippen molar-refractivity contribution in [3.05, 3.63) is 95.6 Å². The number of carbonyl (C=O) groups excluding carboxylic acids is 3. The number of anilines is 2. The molecular weight excluding hydrogens is 638 g/mol. The molecule has 0 aromatic heterocycles. The zero-order valence-corrected chi connectivity index (χ0v) is 29.8. The fraction of sp³-hybridized carbons (Fsp3) is 0.462. The molecule has 2 fully saturated rings. The Morgan fingerprint density at radius 1 is 0.980 bits per heavy atom. The second kappa shape index (κ2) is 14.5. The maximum absolute atomic E-state index is 16.5. The van der Waals surface area contributed by atoms with Crippen molar-refractivity contribution >= 4 is 37.5 Å². The summed E-state index contributed by atoms with van der Waals surface area (Å²) in [6.45, 7) is 6.25. The van der Waals surface area contributed by atoms with Gasteiger partial charge in [0.2, 0.25) is 20.2 Å². The third kappa shape index (κ3) is 6.96. The van der Waals surface area contributed by atoms with Gasteiger partial charge in [0, 0.05) is 48.8 Å². The smallest absolute Gasteiger partial charge is 0.264 e. The number of rotatable bonds is 10. The van der Waals surface area contributed by atoms with Crippen LogP contribution in [0.1, 0.15) is 62.1 Å². The number of aliphatic hydroxyl groups excluding tert-OH is 1. The van der Waals surface area contributed by atoms with Gasteiger partial charge >= 0.3 is 0 Å². The Morgan fingerprint density at radius 3 is 2.33 bits per heavy atom. The van der Waals surface area contributed by atoms with E-state index >= 15 is 4.11 Å². The number of aliphatic hydroxyl groups is 1. The summed E-state index contributed by atoms with van der Waals surface area (Å²) in [4.78, 5) is 47.3. The summed E-state index contributed by atoms with van der Waals surface area (Å²) in [6, 6.07) is 25.0. The summed E-state index contributed by atoms with van der Waals surface area (Å²) in [5, 5.41) is 9.84. The minimum atomic E-state index is -3.53. The highest BCUT2D eigenvalue weighted by atomic mass is 28.4. The summed E-state index contributed by atoms with van der Waals surface area (Å²) in [6.07, 6.45) is 3.32. The van der Waals surface area contributed by atoms with E-state index in [0.717, 1.165) is 36.8 Å². The lowest BCUT2D eigenvalue weighted by Crippen LogP contribution is -2.45. The molecule has 0 unspecified atom stereocenters. The summed E-state index contributed by atoms with van der Waals surface area (Å²) in [7, 11) is -3.53. The number of carbonyl (C=O) groups is 3. The molecule has 10 heteroatoms. The zero-order chi connectivity index (χ0) is 34.8. The Morgan fingerprint density at radius 2 is 1.65 bits per heavy atom. The van der Waals surface area contributed by atoms with E-state index < -0.39 is 31.6 Å². The van der Waals surface area contributed by atoms with Gasteiger partial charge in [0.05, 0.1) is 31.4 Å². The lowest BCUT2D eigenvalue weighted by atomic mass is 9.82. The normalized spacial score (nSPS) is 24.2. The Hall–Kier alpha value is -3.86. The molecule has 0 saturated carbocycles. The van der Waals surface area contributed by atoms with Crippen molar-refractivity contribution in [3.8, 4) is 0 Å². The van der Waals surface area contributed by atoms with Crippen LogP contribution >= 0.6 is 0 Å². The van der Waals surface area contributed by atoms with Crippen molar-refractivity contribution in [2.75, 3.05) is 29.5 Å². The van der Waals surface area contributed by atoms with E-state index in [4.69, 9.17) is 4.74 Å². The first-order chi connectivity index (χ1) is 23.5. The van der Waals surface area contributed by atoms with Crippen LogP contribution < -0.4 is 9.80 Å². The minimum Gasteiger partial charge on any atom is -0.395 e. The Labute approximate surface area is 290 Å². The van der Waals surface area contributed by atoms with Gasteiger partial charge in [0.15, 0.2) is 5.60 Å². The van der Waals surface area contributed by atoms with E-state index in [1.54, 1.807) is 22.9 Å². The zero-order valence-electron chi connectivity index (χ0n) is 28.8. The van der Waals surface area contributed by atoms with Gasteiger partial charge in [-0.05, 0) is 55.3 Å². The summed E-state index contributed by atoms with van der Waals surface area (Å²) < 4.78 is 23.5. The molecule has 6 rings (SSSR count). The Kier molecular flexibility index (Phi) is 10.4. The van der Waals surface area contributed by atoms with Crippen LogP contribution in [0.4, 0.5) is 15.5 Å². The first kappa shape index (κ1) is 35.0. The van der Waals surface area contributed by atoms with Gasteiger partial charge < -0.3 is 28.7 Å². The molecule has 1 spiro atoms. The number of fused-ring (bicyclic) bond motifs is 2. The predicted molar refractivity (Wildman–Crippen MR) is 191 cm³/mol. The van der Waals surface area contributed by atoms with Gasteiger partial charge in [0.25, 0.3) is 5.91 Å². The van der Waals surface area contributed by atoms with Crippen molar-refractivity contribution in [3.63, 3.8) is 0 Å². The third-order valence-corrected chi connectivity index (χ3v) is 13.0. The van der Waals surface area contributed by atoms with Crippen LogP contribution in [-0.2, 0) is 37.8 Å². The Bertz CT molecular complexity index is 1650. The second-order valence-corrected chi connectivity index (χ2v) is 18.1. The molecule has 2 saturated heterocycles. The van der Waals surface area contributed by atoms with E-state index in [1.165, 1.54) is 0 Å². The van der Waals surface area contributed by atoms with Gasteiger partial charge in [-0.25, -0.2) is 0 Å². The van der Waals surface area contributed by atoms with E-state index in [2.05, 4.69) is 0 Å². The number of hydrogen-bond acceptors (Lipinski definition) is 5. The van der Waals surface area contributed by atoms with E-state index in [-0.39, 0.29) is 37.3 Å². The maximum atomic E-state index is 16.5. The molecule has 0 radical (unpaired) electrons. The third-order valence-electron chi connectivity index (χ3n) is 10.6. The lowest BCUT2D eigenvalue weighted by Gasteiger charge is -2.32. The van der Waals surface area contributed by atoms with Crippen LogP contribution in [0.3, 0.4) is 0 Å². The van der Waals surface area contributed by atoms with Crippen LogP contribution in [0.15, 0.2) is 78.9 Å². The summed E-state index contributed by atoms with van der Waals surface area (Å²) in [5.74, 6) is -1.06. The van der Waals surface area contributed by atoms with Gasteiger partial charge in [0.1, 0.15) is 0 Å². The van der Waals surface area contributed by atoms with Crippen molar-refractivity contribution in [1.82, 2.24) is 4.90 Å². The minimum absolute atomic E-state index is 0.0561. The molecular formula is C39H48FN3O5Si. The maximum Gasteiger partial charge on any atom is 0.264 e. The highest BCUT2D eigenvalue weighted by Crippen LogP contribution is 2.60. The molecule has 1 N–H and O–H groups in total. The molecule has 3 heterocycles. The number of amides is 3. The molecule has 3 aromatic rings. The second-order valence-electron chi connectivity index (χ2n) is 14.3. The molecule has 8 nitrogen and oxygen atoms in total. The van der Waals surface area contributed by atoms with Crippen molar-refractivity contribution in [2.24, 2.45) is 5.92 Å². The molecule has 3 aliphatic heterocycles. The first-order valence-electron chi connectivity index (χ1n) is 17.6. The van der Waals surface area contributed by atoms with Crippen LogP contribution in [0.25, 0.3) is 0 Å². The standard InChI is InChI=1S/C39H48FN3O5Si/c1-28-37(49(2,3)40)34(25-36(46)41(22-23-44)26-29-14-8-6-9-15-29)48-39(28)32-24-31(42-21-13-5-4-12-18-35(42)45)19-20-33(32)43(38(39)47)27-30-16-10-7-11-17-30/h6-11,14-17,19-20,24,28,34,37,44H,4-5,12-13,18,21-23,25-27H2,1-3H3/t28-,34+,37-,39+/m1/s1. The molecule has 3 aromatic carbocycles. The van der Waals surface area contributed by atoms with Crippen molar-refractivity contribution < 1.29 is 28.3 Å². The van der Waals surface area contributed by atoms with E-state index in [9.17, 15) is 19.5 Å². The molecule has 4 atom stereocenters. The monoisotopic (exact) mass is 685 g/mol. The molecule has 49 heavy (non-hydrogen) atoms. The number of ether oxygens (including phenoxy) is 1. The average molecular weight is 686 g/mol. The first-order valence-corrected chi connectivity index (χ1v) is 20.6. The van der Waals surface area contributed by atoms with Crippen LogP contribution in [-0.4, -0.2) is 61.9 Å². The lowest BCUT2D eigenvalue weighted by molar-refractivity contribution is -0.150. The van der Waals surface area contributed by atoms with Gasteiger partial charge in [-0.15, -0.1) is 0 Å². The Balaban J connectivity index is 1.40. The molecule has 3 amide bonds. The molecule has 260 valence electrons. The van der Waals surface area contributed by atoms with E-state index in [1.807, 2.05) is 90.7 Å². The molecule has 0 bridgehead atoms. The summed E-state index contributed by atoms with van der Waals surface area (Å²) in [5.41, 5.74) is 1.68. The topological polar surface area (TPSA) is 90.4 Å². The number of halogens is 1. The average Bonchev–Trinajstić information content (AvgIpc) is 3.49. The van der Waals surface area contributed by atoms with Crippen LogP contribution in [0.5, 0.6) is 0 Å². The predicted octanol–water partition coefficient (Wildman–Crippen LogP) is 6.72. The fourth-order valence-electron chi connectivity index (χ4n) is 8.28. The van der Waals surface area contributed by atoms with Crippen LogP contribution in [0, 0.1) is 5.92 Å². The number of nitrogens with zero attached hydrogens (tertiary/aromatic N) is 3. The van der Waals surface area contributed by atoms with E-state index in [0.29, 0.717) is 43.0 Å². The van der Waals surface area contributed by atoms with Gasteiger partial charge in [-0.2, -0.15) is 0 Å². The van der Waals surface area contributed by atoms with Crippen molar-refractivity contribution in [2.45, 2.75) is 88.9 Å². The highest BCUT2D eigenvalue weighted by Gasteiger charge is 2.67. The largest absolute Gasteiger partial charge is 0.395 e. The number of benzene rings is 3. The van der Waals surface area contributed by atoms with Crippen LogP contribution in [0.2, 0.25) is 18.6 Å². The quantitative estimate of drug-likeness (QED) is 0.189. The van der Waals surface area contributed by atoms with Crippen molar-refractivity contribution in [1.29, 1.82) is 0 Å².